The summed E-state index contributed by atoms with van der Waals surface area (Å²) in [6.07, 6.45) is 9.55. The molecule has 112 valence electrons. The summed E-state index contributed by atoms with van der Waals surface area (Å²) in [4.78, 5) is 0. The molecule has 0 radical (unpaired) electrons. The Morgan fingerprint density at radius 1 is 0.842 bits per heavy atom. The molecule has 0 spiro atoms. The second-order valence-corrected chi connectivity index (χ2v) is 7.11. The van der Waals surface area contributed by atoms with Crippen LogP contribution in [-0.2, 0) is 4.74 Å². The first-order chi connectivity index (χ1) is 9.16. The topological polar surface area (TPSA) is 21.3 Å². The third kappa shape index (κ3) is 4.75. The highest BCUT2D eigenvalue weighted by molar-refractivity contribution is 4.82. The van der Waals surface area contributed by atoms with Gasteiger partial charge in [-0.05, 0) is 56.8 Å². The van der Waals surface area contributed by atoms with Crippen LogP contribution < -0.4 is 5.32 Å². The van der Waals surface area contributed by atoms with E-state index in [-0.39, 0.29) is 0 Å². The average molecular weight is 267 g/mol. The van der Waals surface area contributed by atoms with Crippen LogP contribution >= 0.6 is 0 Å². The molecule has 0 aromatic carbocycles. The van der Waals surface area contributed by atoms with Crippen LogP contribution in [0.15, 0.2) is 0 Å². The van der Waals surface area contributed by atoms with E-state index in [0.29, 0.717) is 6.04 Å². The van der Waals surface area contributed by atoms with E-state index in [9.17, 15) is 0 Å². The Balaban J connectivity index is 1.75. The van der Waals surface area contributed by atoms with E-state index in [0.717, 1.165) is 37.0 Å². The van der Waals surface area contributed by atoms with Gasteiger partial charge in [-0.3, -0.25) is 0 Å². The molecule has 1 saturated heterocycles. The Bertz CT molecular complexity index is 248. The summed E-state index contributed by atoms with van der Waals surface area (Å²) in [5, 5.41) is 3.93. The van der Waals surface area contributed by atoms with Gasteiger partial charge in [0.25, 0.3) is 0 Å². The van der Waals surface area contributed by atoms with Gasteiger partial charge in [-0.1, -0.05) is 26.7 Å². The first-order valence-electron chi connectivity index (χ1n) is 8.50. The predicted octanol–water partition coefficient (Wildman–Crippen LogP) is 4.00. The van der Waals surface area contributed by atoms with Crippen molar-refractivity contribution >= 4 is 0 Å². The van der Waals surface area contributed by atoms with Gasteiger partial charge in [-0.2, -0.15) is 0 Å². The van der Waals surface area contributed by atoms with Gasteiger partial charge in [0.1, 0.15) is 0 Å². The number of hydrogen-bond acceptors (Lipinski definition) is 2. The smallest absolute Gasteiger partial charge is 0.0469 e. The predicted molar refractivity (Wildman–Crippen MR) is 81.3 cm³/mol. The maximum absolute atomic E-state index is 5.47. The zero-order valence-electron chi connectivity index (χ0n) is 13.2. The van der Waals surface area contributed by atoms with Gasteiger partial charge >= 0.3 is 0 Å². The van der Waals surface area contributed by atoms with Crippen LogP contribution in [0.5, 0.6) is 0 Å². The van der Waals surface area contributed by atoms with Crippen molar-refractivity contribution in [3.8, 4) is 0 Å². The highest BCUT2D eigenvalue weighted by Crippen LogP contribution is 2.29. The first kappa shape index (κ1) is 15.3. The first-order valence-corrected chi connectivity index (χ1v) is 8.50. The third-order valence-corrected chi connectivity index (χ3v) is 5.43. The zero-order valence-corrected chi connectivity index (χ0v) is 13.2. The molecule has 1 heterocycles. The minimum atomic E-state index is 0.671. The quantitative estimate of drug-likeness (QED) is 0.778. The lowest BCUT2D eigenvalue weighted by molar-refractivity contribution is 0.0541. The lowest BCUT2D eigenvalue weighted by Crippen LogP contribution is -2.42. The molecule has 1 aliphatic heterocycles. The SMILES string of the molecule is CC(C)C1CCCC(NC(C)C2CCOCC2)CC1. The number of nitrogens with one attached hydrogen (secondary N) is 1. The van der Waals surface area contributed by atoms with E-state index in [1.165, 1.54) is 44.9 Å². The van der Waals surface area contributed by atoms with Crippen LogP contribution in [0, 0.1) is 17.8 Å². The van der Waals surface area contributed by atoms with Crippen LogP contribution in [-0.4, -0.2) is 25.3 Å². The van der Waals surface area contributed by atoms with Crippen LogP contribution in [0.3, 0.4) is 0 Å². The molecule has 1 saturated carbocycles. The molecule has 1 aliphatic carbocycles. The van der Waals surface area contributed by atoms with Crippen molar-refractivity contribution in [1.82, 2.24) is 5.32 Å². The van der Waals surface area contributed by atoms with Gasteiger partial charge in [-0.25, -0.2) is 0 Å². The van der Waals surface area contributed by atoms with E-state index in [1.807, 2.05) is 0 Å². The van der Waals surface area contributed by atoms with E-state index in [2.05, 4.69) is 26.1 Å². The number of rotatable bonds is 4. The van der Waals surface area contributed by atoms with Crippen molar-refractivity contribution in [2.75, 3.05) is 13.2 Å². The van der Waals surface area contributed by atoms with Crippen molar-refractivity contribution in [3.05, 3.63) is 0 Å². The van der Waals surface area contributed by atoms with Crippen molar-refractivity contribution in [1.29, 1.82) is 0 Å². The van der Waals surface area contributed by atoms with Crippen molar-refractivity contribution < 1.29 is 4.74 Å². The second kappa shape index (κ2) is 7.64. The summed E-state index contributed by atoms with van der Waals surface area (Å²) >= 11 is 0. The maximum atomic E-state index is 5.47. The molecule has 0 aromatic rings. The molecule has 1 N–H and O–H groups in total. The fraction of sp³-hybridized carbons (Fsp3) is 1.00. The Kier molecular flexibility index (Phi) is 6.15. The molecule has 0 aromatic heterocycles. The average Bonchev–Trinajstić information content (AvgIpc) is 2.65. The molecule has 2 nitrogen and oxygen atoms in total. The molecule has 3 unspecified atom stereocenters. The van der Waals surface area contributed by atoms with E-state index in [1.54, 1.807) is 0 Å². The lowest BCUT2D eigenvalue weighted by atomic mass is 9.89. The molecule has 19 heavy (non-hydrogen) atoms. The summed E-state index contributed by atoms with van der Waals surface area (Å²) in [6.45, 7) is 9.11. The van der Waals surface area contributed by atoms with Crippen molar-refractivity contribution in [2.24, 2.45) is 17.8 Å². The zero-order chi connectivity index (χ0) is 13.7. The van der Waals surface area contributed by atoms with Gasteiger partial charge in [0, 0.05) is 25.3 Å². The molecular weight excluding hydrogens is 234 g/mol. The molecule has 2 heteroatoms. The lowest BCUT2D eigenvalue weighted by Gasteiger charge is -2.31. The van der Waals surface area contributed by atoms with Crippen LogP contribution in [0.1, 0.15) is 65.7 Å². The van der Waals surface area contributed by atoms with Gasteiger partial charge in [0.05, 0.1) is 0 Å². The van der Waals surface area contributed by atoms with Crippen molar-refractivity contribution in [3.63, 3.8) is 0 Å². The number of ether oxygens (including phenoxy) is 1. The van der Waals surface area contributed by atoms with Gasteiger partial charge < -0.3 is 10.1 Å². The van der Waals surface area contributed by atoms with Crippen molar-refractivity contribution in [2.45, 2.75) is 77.8 Å². The fourth-order valence-electron chi connectivity index (χ4n) is 3.89. The molecule has 2 fully saturated rings. The summed E-state index contributed by atoms with van der Waals surface area (Å²) in [5.41, 5.74) is 0. The highest BCUT2D eigenvalue weighted by atomic mass is 16.5. The summed E-state index contributed by atoms with van der Waals surface area (Å²) in [7, 11) is 0. The van der Waals surface area contributed by atoms with Gasteiger partial charge in [0.2, 0.25) is 0 Å². The van der Waals surface area contributed by atoms with E-state index >= 15 is 0 Å². The Morgan fingerprint density at radius 3 is 2.26 bits per heavy atom. The molecule has 3 atom stereocenters. The summed E-state index contributed by atoms with van der Waals surface area (Å²) < 4.78 is 5.47. The molecule has 0 amide bonds. The molecule has 0 bridgehead atoms. The minimum Gasteiger partial charge on any atom is -0.381 e. The van der Waals surface area contributed by atoms with E-state index in [4.69, 9.17) is 4.74 Å². The standard InChI is InChI=1S/C17H33NO/c1-13(2)15-5-4-6-17(8-7-15)18-14(3)16-9-11-19-12-10-16/h13-18H,4-12H2,1-3H3. The second-order valence-electron chi connectivity index (χ2n) is 7.11. The maximum Gasteiger partial charge on any atom is 0.0469 e. The van der Waals surface area contributed by atoms with Crippen LogP contribution in [0.25, 0.3) is 0 Å². The van der Waals surface area contributed by atoms with E-state index < -0.39 is 0 Å². The van der Waals surface area contributed by atoms with Gasteiger partial charge in [0.15, 0.2) is 0 Å². The fourth-order valence-corrected chi connectivity index (χ4v) is 3.89. The normalized spacial score (nSPS) is 32.2. The molecule has 2 rings (SSSR count). The largest absolute Gasteiger partial charge is 0.381 e. The van der Waals surface area contributed by atoms with Gasteiger partial charge in [-0.15, -0.1) is 0 Å². The Labute approximate surface area is 119 Å². The minimum absolute atomic E-state index is 0.671. The Hall–Kier alpha value is -0.0800. The van der Waals surface area contributed by atoms with Crippen LogP contribution in [0.4, 0.5) is 0 Å². The highest BCUT2D eigenvalue weighted by Gasteiger charge is 2.25. The number of hydrogen-bond donors (Lipinski definition) is 1. The third-order valence-electron chi connectivity index (χ3n) is 5.43. The summed E-state index contributed by atoms with van der Waals surface area (Å²) in [5.74, 6) is 2.66. The van der Waals surface area contributed by atoms with Crippen LogP contribution in [0.2, 0.25) is 0 Å². The Morgan fingerprint density at radius 2 is 1.58 bits per heavy atom. The monoisotopic (exact) mass is 267 g/mol. The summed E-state index contributed by atoms with van der Waals surface area (Å²) in [6, 6.07) is 1.44. The molecular formula is C17H33NO. The molecule has 2 aliphatic rings.